The number of nitrogens with one attached hydrogen (secondary N) is 1. The number of ether oxygens (including phenoxy) is 1. The molecule has 0 saturated carbocycles. The first-order valence-electron chi connectivity index (χ1n) is 7.53. The van der Waals surface area contributed by atoms with E-state index < -0.39 is 0 Å². The number of benzene rings is 1. The van der Waals surface area contributed by atoms with E-state index in [1.54, 1.807) is 7.11 Å². The Bertz CT molecular complexity index is 574. The molecule has 1 atom stereocenters. The van der Waals surface area contributed by atoms with Gasteiger partial charge in [0, 0.05) is 6.42 Å². The molecule has 1 fully saturated rings. The molecule has 0 aliphatic carbocycles. The standard InChI is InChI=1S/C16H21N3O2/c1-20-14-7-3-2-6-13(14)16-18-15(21-19-16)11-12-5-4-9-17-10-8-12/h2-3,6-7,12,17H,4-5,8-11H2,1H3. The first kappa shape index (κ1) is 14.1. The SMILES string of the molecule is COc1ccccc1-c1noc(CC2CCCNCC2)n1. The van der Waals surface area contributed by atoms with Gasteiger partial charge in [-0.1, -0.05) is 17.3 Å². The summed E-state index contributed by atoms with van der Waals surface area (Å²) in [5, 5.41) is 7.53. The van der Waals surface area contributed by atoms with Crippen molar-refractivity contribution >= 4 is 0 Å². The number of hydrogen-bond acceptors (Lipinski definition) is 5. The van der Waals surface area contributed by atoms with Gasteiger partial charge in [-0.2, -0.15) is 4.98 Å². The van der Waals surface area contributed by atoms with Crippen molar-refractivity contribution in [2.75, 3.05) is 20.2 Å². The quantitative estimate of drug-likeness (QED) is 0.937. The van der Waals surface area contributed by atoms with E-state index in [0.29, 0.717) is 11.7 Å². The Morgan fingerprint density at radius 3 is 3.10 bits per heavy atom. The summed E-state index contributed by atoms with van der Waals surface area (Å²) in [4.78, 5) is 4.54. The molecule has 2 aromatic rings. The van der Waals surface area contributed by atoms with Crippen LogP contribution in [-0.2, 0) is 6.42 Å². The Morgan fingerprint density at radius 2 is 2.19 bits per heavy atom. The summed E-state index contributed by atoms with van der Waals surface area (Å²) in [5.41, 5.74) is 0.873. The largest absolute Gasteiger partial charge is 0.496 e. The molecule has 5 nitrogen and oxygen atoms in total. The van der Waals surface area contributed by atoms with E-state index in [1.807, 2.05) is 24.3 Å². The van der Waals surface area contributed by atoms with Crippen LogP contribution in [0.5, 0.6) is 5.75 Å². The Hall–Kier alpha value is -1.88. The van der Waals surface area contributed by atoms with Crippen molar-refractivity contribution in [2.24, 2.45) is 5.92 Å². The Kier molecular flexibility index (Phi) is 4.50. The molecular weight excluding hydrogens is 266 g/mol. The van der Waals surface area contributed by atoms with E-state index in [4.69, 9.17) is 9.26 Å². The fourth-order valence-electron chi connectivity index (χ4n) is 2.82. The third-order valence-electron chi connectivity index (χ3n) is 3.97. The number of rotatable bonds is 4. The maximum Gasteiger partial charge on any atom is 0.227 e. The van der Waals surface area contributed by atoms with E-state index in [2.05, 4.69) is 15.5 Å². The first-order chi connectivity index (χ1) is 10.4. The number of hydrogen-bond donors (Lipinski definition) is 1. The van der Waals surface area contributed by atoms with Gasteiger partial charge < -0.3 is 14.6 Å². The summed E-state index contributed by atoms with van der Waals surface area (Å²) >= 11 is 0. The maximum absolute atomic E-state index is 5.43. The normalized spacial score (nSPS) is 19.2. The van der Waals surface area contributed by atoms with Crippen LogP contribution in [0.15, 0.2) is 28.8 Å². The molecule has 2 heterocycles. The van der Waals surface area contributed by atoms with E-state index >= 15 is 0 Å². The van der Waals surface area contributed by atoms with E-state index in [1.165, 1.54) is 19.3 Å². The van der Waals surface area contributed by atoms with Crippen LogP contribution in [-0.4, -0.2) is 30.3 Å². The van der Waals surface area contributed by atoms with E-state index in [9.17, 15) is 0 Å². The number of para-hydroxylation sites is 1. The van der Waals surface area contributed by atoms with Gasteiger partial charge in [-0.25, -0.2) is 0 Å². The zero-order valence-corrected chi connectivity index (χ0v) is 12.3. The van der Waals surface area contributed by atoms with Gasteiger partial charge in [0.2, 0.25) is 11.7 Å². The van der Waals surface area contributed by atoms with Gasteiger partial charge in [0.25, 0.3) is 0 Å². The minimum atomic E-state index is 0.606. The lowest BCUT2D eigenvalue weighted by atomic mass is 9.97. The van der Waals surface area contributed by atoms with Crippen LogP contribution in [0.4, 0.5) is 0 Å². The zero-order chi connectivity index (χ0) is 14.5. The van der Waals surface area contributed by atoms with Crippen molar-refractivity contribution in [2.45, 2.75) is 25.7 Å². The number of nitrogens with zero attached hydrogens (tertiary/aromatic N) is 2. The minimum absolute atomic E-state index is 0.606. The second-order valence-corrected chi connectivity index (χ2v) is 5.46. The van der Waals surface area contributed by atoms with Crippen molar-refractivity contribution in [1.82, 2.24) is 15.5 Å². The van der Waals surface area contributed by atoms with Crippen molar-refractivity contribution in [3.63, 3.8) is 0 Å². The number of methoxy groups -OCH3 is 1. The molecule has 0 radical (unpaired) electrons. The molecule has 1 N–H and O–H groups in total. The van der Waals surface area contributed by atoms with Gasteiger partial charge in [-0.3, -0.25) is 0 Å². The highest BCUT2D eigenvalue weighted by Gasteiger charge is 2.18. The Labute approximate surface area is 124 Å². The third kappa shape index (κ3) is 3.42. The summed E-state index contributed by atoms with van der Waals surface area (Å²) in [6.45, 7) is 2.20. The molecule has 0 amide bonds. The van der Waals surface area contributed by atoms with Crippen molar-refractivity contribution < 1.29 is 9.26 Å². The first-order valence-corrected chi connectivity index (χ1v) is 7.53. The molecule has 3 rings (SSSR count). The second kappa shape index (κ2) is 6.72. The molecule has 1 saturated heterocycles. The molecule has 1 unspecified atom stereocenters. The predicted molar refractivity (Wildman–Crippen MR) is 80.2 cm³/mol. The van der Waals surface area contributed by atoms with E-state index in [0.717, 1.165) is 36.7 Å². The van der Waals surface area contributed by atoms with Gasteiger partial charge in [-0.15, -0.1) is 0 Å². The minimum Gasteiger partial charge on any atom is -0.496 e. The van der Waals surface area contributed by atoms with Gasteiger partial charge in [0.1, 0.15) is 5.75 Å². The summed E-state index contributed by atoms with van der Waals surface area (Å²) < 4.78 is 10.8. The smallest absolute Gasteiger partial charge is 0.227 e. The molecule has 1 aliphatic rings. The zero-order valence-electron chi connectivity index (χ0n) is 12.3. The highest BCUT2D eigenvalue weighted by Crippen LogP contribution is 2.28. The van der Waals surface area contributed by atoms with E-state index in [-0.39, 0.29) is 0 Å². The molecule has 112 valence electrons. The molecule has 1 aromatic heterocycles. The fourth-order valence-corrected chi connectivity index (χ4v) is 2.82. The van der Waals surface area contributed by atoms with Gasteiger partial charge in [-0.05, 0) is 50.4 Å². The Morgan fingerprint density at radius 1 is 1.29 bits per heavy atom. The molecule has 1 aliphatic heterocycles. The fraction of sp³-hybridized carbons (Fsp3) is 0.500. The molecule has 21 heavy (non-hydrogen) atoms. The molecule has 1 aromatic carbocycles. The van der Waals surface area contributed by atoms with Gasteiger partial charge in [0.05, 0.1) is 12.7 Å². The number of aromatic nitrogens is 2. The lowest BCUT2D eigenvalue weighted by molar-refractivity contribution is 0.341. The van der Waals surface area contributed by atoms with Crippen LogP contribution < -0.4 is 10.1 Å². The molecular formula is C16H21N3O2. The average Bonchev–Trinajstić information content (AvgIpc) is 2.83. The Balaban J connectivity index is 1.73. The molecule has 5 heteroatoms. The van der Waals surface area contributed by atoms with Crippen molar-refractivity contribution in [1.29, 1.82) is 0 Å². The predicted octanol–water partition coefficient (Wildman–Crippen LogP) is 2.68. The summed E-state index contributed by atoms with van der Waals surface area (Å²) in [5.74, 6) is 2.73. The average molecular weight is 287 g/mol. The summed E-state index contributed by atoms with van der Waals surface area (Å²) in [6.07, 6.45) is 4.48. The topological polar surface area (TPSA) is 60.2 Å². The highest BCUT2D eigenvalue weighted by molar-refractivity contribution is 5.63. The monoisotopic (exact) mass is 287 g/mol. The van der Waals surface area contributed by atoms with Crippen molar-refractivity contribution in [3.8, 4) is 17.1 Å². The third-order valence-corrected chi connectivity index (χ3v) is 3.97. The second-order valence-electron chi connectivity index (χ2n) is 5.46. The van der Waals surface area contributed by atoms with Crippen LogP contribution in [0.25, 0.3) is 11.4 Å². The lowest BCUT2D eigenvalue weighted by Crippen LogP contribution is -2.14. The van der Waals surface area contributed by atoms with Crippen LogP contribution in [0, 0.1) is 5.92 Å². The molecule has 0 bridgehead atoms. The van der Waals surface area contributed by atoms with Crippen LogP contribution in [0.3, 0.4) is 0 Å². The van der Waals surface area contributed by atoms with Crippen molar-refractivity contribution in [3.05, 3.63) is 30.2 Å². The van der Waals surface area contributed by atoms with Gasteiger partial charge >= 0.3 is 0 Å². The summed E-state index contributed by atoms with van der Waals surface area (Å²) in [7, 11) is 1.65. The van der Waals surface area contributed by atoms with Crippen LogP contribution in [0.2, 0.25) is 0 Å². The molecule has 0 spiro atoms. The van der Waals surface area contributed by atoms with Crippen LogP contribution >= 0.6 is 0 Å². The maximum atomic E-state index is 5.43. The lowest BCUT2D eigenvalue weighted by Gasteiger charge is -2.09. The summed E-state index contributed by atoms with van der Waals surface area (Å²) in [6, 6.07) is 7.73. The van der Waals surface area contributed by atoms with Crippen LogP contribution in [0.1, 0.15) is 25.2 Å². The highest BCUT2D eigenvalue weighted by atomic mass is 16.5. The van der Waals surface area contributed by atoms with Gasteiger partial charge in [0.15, 0.2) is 0 Å².